The number of hydrogen-bond donors (Lipinski definition) is 1. The number of nitro benzene ring substituents is 1. The highest BCUT2D eigenvalue weighted by Gasteiger charge is 2.49. The van der Waals surface area contributed by atoms with Crippen molar-refractivity contribution in [3.63, 3.8) is 0 Å². The summed E-state index contributed by atoms with van der Waals surface area (Å²) in [5.74, 6) is -0.449. The number of carbonyl (C=O) groups excluding carboxylic acids is 1. The van der Waals surface area contributed by atoms with Gasteiger partial charge in [0.05, 0.1) is 28.1 Å². The number of non-ortho nitro benzene ring substituents is 1. The second-order valence-electron chi connectivity index (χ2n) is 11.2. The Hall–Kier alpha value is -4.80. The molecule has 0 unspecified atom stereocenters. The van der Waals surface area contributed by atoms with E-state index in [0.717, 1.165) is 23.4 Å². The van der Waals surface area contributed by atoms with Crippen molar-refractivity contribution in [3.05, 3.63) is 109 Å². The van der Waals surface area contributed by atoms with Gasteiger partial charge in [-0.2, -0.15) is 0 Å². The Morgan fingerprint density at radius 3 is 2.78 bits per heavy atom. The molecule has 1 N–H and O–H groups in total. The molecule has 1 saturated heterocycles. The standard InChI is InChI=1S/C30H28N6O5/c37-27-7-3-6-25-19-12-20(16-34(25)27)28-23(14-18-13-21(36(40)41)8-9-26(18)35(28)15-19)29(38)31-10-11-33-17-32-24-5-2-1-4-22(24)30(33)39/h1-9,13,17,19-20,23,28H,10-12,14-16H2,(H,31,38)/t19-,20-,23+,28-/m0/s1. The van der Waals surface area contributed by atoms with Gasteiger partial charge in [-0.15, -0.1) is 0 Å². The SMILES string of the molecule is O=C(NCCn1cnc2ccccc2c1=O)[C@@H]1Cc2cc([N+](=O)[O-])ccc2N2C[C@@H]3C[C@@H](Cn4c3cccc4=O)[C@@H]12. The summed E-state index contributed by atoms with van der Waals surface area (Å²) >= 11 is 0. The van der Waals surface area contributed by atoms with Crippen molar-refractivity contribution in [1.29, 1.82) is 0 Å². The third-order valence-corrected chi connectivity index (χ3v) is 8.92. The van der Waals surface area contributed by atoms with Gasteiger partial charge in [0.2, 0.25) is 5.91 Å². The van der Waals surface area contributed by atoms with Gasteiger partial charge in [-0.1, -0.05) is 18.2 Å². The minimum atomic E-state index is -0.470. The minimum absolute atomic E-state index is 0.00126. The molecule has 0 radical (unpaired) electrons. The first-order valence-corrected chi connectivity index (χ1v) is 13.8. The fraction of sp³-hybridized carbons (Fsp3) is 0.333. The van der Waals surface area contributed by atoms with E-state index >= 15 is 0 Å². The van der Waals surface area contributed by atoms with Gasteiger partial charge < -0.3 is 14.8 Å². The Kier molecular flexibility index (Phi) is 5.95. The highest BCUT2D eigenvalue weighted by Crippen LogP contribution is 2.47. The summed E-state index contributed by atoms with van der Waals surface area (Å²) in [6, 6.07) is 17.2. The smallest absolute Gasteiger partial charge is 0.269 e. The molecule has 4 atom stereocenters. The van der Waals surface area contributed by atoms with Crippen LogP contribution in [0.1, 0.15) is 23.6 Å². The molecule has 0 spiro atoms. The molecular weight excluding hydrogens is 524 g/mol. The number of piperidine rings is 1. The molecule has 2 aromatic carbocycles. The van der Waals surface area contributed by atoms with Crippen LogP contribution in [0.25, 0.3) is 10.9 Å². The van der Waals surface area contributed by atoms with Crippen LogP contribution < -0.4 is 21.3 Å². The maximum atomic E-state index is 13.8. The number of benzene rings is 2. The Balaban J connectivity index is 1.18. The zero-order valence-corrected chi connectivity index (χ0v) is 22.2. The summed E-state index contributed by atoms with van der Waals surface area (Å²) in [7, 11) is 0. The van der Waals surface area contributed by atoms with Gasteiger partial charge in [0.15, 0.2) is 0 Å². The quantitative estimate of drug-likeness (QED) is 0.297. The van der Waals surface area contributed by atoms with E-state index in [0.29, 0.717) is 30.4 Å². The van der Waals surface area contributed by atoms with Gasteiger partial charge in [-0.3, -0.25) is 29.1 Å². The Labute approximate surface area is 234 Å². The summed E-state index contributed by atoms with van der Waals surface area (Å²) in [5.41, 5.74) is 3.11. The lowest BCUT2D eigenvalue weighted by Gasteiger charge is -2.54. The molecule has 3 aliphatic rings. The summed E-state index contributed by atoms with van der Waals surface area (Å²) in [4.78, 5) is 57.1. The molecule has 0 aliphatic carbocycles. The Morgan fingerprint density at radius 2 is 1.93 bits per heavy atom. The molecule has 4 aromatic rings. The Morgan fingerprint density at radius 1 is 1.07 bits per heavy atom. The van der Waals surface area contributed by atoms with E-state index in [9.17, 15) is 24.5 Å². The molecule has 7 rings (SSSR count). The first-order chi connectivity index (χ1) is 19.9. The fourth-order valence-electron chi connectivity index (χ4n) is 7.15. The number of carbonyl (C=O) groups is 1. The zero-order chi connectivity index (χ0) is 28.2. The average Bonchev–Trinajstić information content (AvgIpc) is 2.98. The second-order valence-corrected chi connectivity index (χ2v) is 11.2. The van der Waals surface area contributed by atoms with Crippen LogP contribution in [0.15, 0.2) is 76.6 Å². The van der Waals surface area contributed by atoms with Gasteiger partial charge in [0, 0.05) is 67.7 Å². The van der Waals surface area contributed by atoms with Gasteiger partial charge >= 0.3 is 0 Å². The van der Waals surface area contributed by atoms with Crippen LogP contribution in [0.5, 0.6) is 0 Å². The predicted octanol–water partition coefficient (Wildman–Crippen LogP) is 2.45. The summed E-state index contributed by atoms with van der Waals surface area (Å²) in [6.07, 6.45) is 2.72. The minimum Gasteiger partial charge on any atom is -0.366 e. The van der Waals surface area contributed by atoms with Gasteiger partial charge in [0.25, 0.3) is 16.8 Å². The molecule has 2 aromatic heterocycles. The molecule has 11 nitrogen and oxygen atoms in total. The van der Waals surface area contributed by atoms with Crippen LogP contribution in [0.2, 0.25) is 0 Å². The van der Waals surface area contributed by atoms with E-state index in [1.54, 1.807) is 42.5 Å². The van der Waals surface area contributed by atoms with Crippen LogP contribution in [0.3, 0.4) is 0 Å². The number of aromatic nitrogens is 3. The van der Waals surface area contributed by atoms with Crippen LogP contribution in [0.4, 0.5) is 11.4 Å². The van der Waals surface area contributed by atoms with E-state index < -0.39 is 10.8 Å². The maximum Gasteiger partial charge on any atom is 0.269 e. The monoisotopic (exact) mass is 552 g/mol. The molecule has 41 heavy (non-hydrogen) atoms. The topological polar surface area (TPSA) is 132 Å². The normalized spacial score (nSPS) is 22.4. The lowest BCUT2D eigenvalue weighted by molar-refractivity contribution is -0.384. The number of amides is 1. The first-order valence-electron chi connectivity index (χ1n) is 13.8. The number of para-hydroxylation sites is 1. The number of nitrogens with one attached hydrogen (secondary N) is 1. The number of rotatable bonds is 5. The number of anilines is 1. The predicted molar refractivity (Wildman–Crippen MR) is 152 cm³/mol. The van der Waals surface area contributed by atoms with Gasteiger partial charge in [-0.05, 0) is 48.6 Å². The highest BCUT2D eigenvalue weighted by atomic mass is 16.6. The lowest BCUT2D eigenvalue weighted by Crippen LogP contribution is -2.61. The largest absolute Gasteiger partial charge is 0.366 e. The molecule has 3 aliphatic heterocycles. The third-order valence-electron chi connectivity index (χ3n) is 8.92. The Bertz CT molecular complexity index is 1830. The van der Waals surface area contributed by atoms with Crippen LogP contribution >= 0.6 is 0 Å². The number of fused-ring (bicyclic) bond motifs is 9. The fourth-order valence-corrected chi connectivity index (χ4v) is 7.15. The van der Waals surface area contributed by atoms with Gasteiger partial charge in [0.1, 0.15) is 0 Å². The average molecular weight is 553 g/mol. The van der Waals surface area contributed by atoms with E-state index in [4.69, 9.17) is 0 Å². The summed E-state index contributed by atoms with van der Waals surface area (Å²) in [5, 5.41) is 15.1. The van der Waals surface area contributed by atoms with Crippen LogP contribution in [0, 0.1) is 22.0 Å². The molecular formula is C30H28N6O5. The van der Waals surface area contributed by atoms with Crippen molar-refractivity contribution < 1.29 is 9.72 Å². The molecule has 2 bridgehead atoms. The third kappa shape index (κ3) is 4.19. The molecule has 0 saturated carbocycles. The first kappa shape index (κ1) is 25.2. The number of nitro groups is 1. The van der Waals surface area contributed by atoms with E-state index in [1.165, 1.54) is 17.0 Å². The van der Waals surface area contributed by atoms with Crippen molar-refractivity contribution in [2.75, 3.05) is 18.0 Å². The molecule has 11 heteroatoms. The molecule has 5 heterocycles. The second kappa shape index (κ2) is 9.69. The van der Waals surface area contributed by atoms with Crippen molar-refractivity contribution in [2.45, 2.75) is 37.9 Å². The summed E-state index contributed by atoms with van der Waals surface area (Å²) in [6.45, 7) is 1.65. The van der Waals surface area contributed by atoms with Crippen molar-refractivity contribution in [2.24, 2.45) is 11.8 Å². The number of nitrogens with zero attached hydrogens (tertiary/aromatic N) is 5. The van der Waals surface area contributed by atoms with E-state index in [2.05, 4.69) is 15.2 Å². The van der Waals surface area contributed by atoms with Crippen LogP contribution in [-0.2, 0) is 24.3 Å². The zero-order valence-electron chi connectivity index (χ0n) is 22.2. The van der Waals surface area contributed by atoms with Crippen molar-refractivity contribution in [1.82, 2.24) is 19.4 Å². The maximum absolute atomic E-state index is 13.8. The number of pyridine rings is 1. The highest BCUT2D eigenvalue weighted by molar-refractivity contribution is 5.82. The molecule has 1 amide bonds. The molecule has 1 fully saturated rings. The summed E-state index contributed by atoms with van der Waals surface area (Å²) < 4.78 is 3.33. The van der Waals surface area contributed by atoms with Gasteiger partial charge in [-0.25, -0.2) is 4.98 Å². The lowest BCUT2D eigenvalue weighted by atomic mass is 9.70. The van der Waals surface area contributed by atoms with Crippen molar-refractivity contribution >= 4 is 28.2 Å². The van der Waals surface area contributed by atoms with E-state index in [-0.39, 0.29) is 53.7 Å². The van der Waals surface area contributed by atoms with Crippen LogP contribution in [-0.4, -0.2) is 44.1 Å². The number of hydrogen-bond acceptors (Lipinski definition) is 7. The van der Waals surface area contributed by atoms with Crippen molar-refractivity contribution in [3.8, 4) is 0 Å². The van der Waals surface area contributed by atoms with E-state index in [1.807, 2.05) is 16.7 Å². The molecule has 208 valence electrons.